The maximum atomic E-state index is 5.76. The standard InChI is InChI=1S/C17H28N2O/c1-5-13-6-7-14(8-13)17(18-4)15-9-16(11-19-10-15)20-12(2)3/h9-14,17-18H,5-8H2,1-4H3. The van der Waals surface area contributed by atoms with Gasteiger partial charge in [0.1, 0.15) is 5.75 Å². The Morgan fingerprint density at radius 1 is 1.35 bits per heavy atom. The fourth-order valence-electron chi connectivity index (χ4n) is 3.40. The second-order valence-electron chi connectivity index (χ2n) is 6.23. The van der Waals surface area contributed by atoms with Crippen LogP contribution in [0.3, 0.4) is 0 Å². The molecule has 1 fully saturated rings. The molecule has 1 aromatic rings. The zero-order valence-corrected chi connectivity index (χ0v) is 13.2. The Morgan fingerprint density at radius 2 is 2.15 bits per heavy atom. The molecule has 0 bridgehead atoms. The van der Waals surface area contributed by atoms with Gasteiger partial charge in [-0.15, -0.1) is 0 Å². The molecule has 112 valence electrons. The van der Waals surface area contributed by atoms with Gasteiger partial charge in [-0.05, 0) is 57.2 Å². The van der Waals surface area contributed by atoms with E-state index in [2.05, 4.69) is 30.3 Å². The molecule has 20 heavy (non-hydrogen) atoms. The third-order valence-corrected chi connectivity index (χ3v) is 4.41. The lowest BCUT2D eigenvalue weighted by Crippen LogP contribution is -2.24. The van der Waals surface area contributed by atoms with E-state index in [0.717, 1.165) is 17.6 Å². The van der Waals surface area contributed by atoms with Gasteiger partial charge in [-0.2, -0.15) is 0 Å². The lowest BCUT2D eigenvalue weighted by atomic mass is 9.91. The molecule has 0 saturated heterocycles. The summed E-state index contributed by atoms with van der Waals surface area (Å²) in [6, 6.07) is 2.54. The zero-order chi connectivity index (χ0) is 14.5. The van der Waals surface area contributed by atoms with Crippen molar-refractivity contribution in [2.24, 2.45) is 11.8 Å². The van der Waals surface area contributed by atoms with Crippen molar-refractivity contribution < 1.29 is 4.74 Å². The van der Waals surface area contributed by atoms with Gasteiger partial charge >= 0.3 is 0 Å². The first-order valence-corrected chi connectivity index (χ1v) is 7.92. The normalized spacial score (nSPS) is 24.1. The van der Waals surface area contributed by atoms with Crippen LogP contribution in [0, 0.1) is 11.8 Å². The van der Waals surface area contributed by atoms with Crippen LogP contribution in [-0.4, -0.2) is 18.1 Å². The van der Waals surface area contributed by atoms with Crippen LogP contribution in [0.25, 0.3) is 0 Å². The Hall–Kier alpha value is -1.09. The predicted molar refractivity (Wildman–Crippen MR) is 82.9 cm³/mol. The Bertz CT molecular complexity index is 419. The van der Waals surface area contributed by atoms with E-state index in [1.807, 2.05) is 20.0 Å². The second-order valence-corrected chi connectivity index (χ2v) is 6.23. The monoisotopic (exact) mass is 276 g/mol. The Kier molecular flexibility index (Phi) is 5.41. The van der Waals surface area contributed by atoms with Gasteiger partial charge in [0.2, 0.25) is 0 Å². The zero-order valence-electron chi connectivity index (χ0n) is 13.2. The summed E-state index contributed by atoms with van der Waals surface area (Å²) in [7, 11) is 2.06. The molecular formula is C17H28N2O. The molecule has 0 amide bonds. The average Bonchev–Trinajstić information content (AvgIpc) is 2.88. The van der Waals surface area contributed by atoms with Gasteiger partial charge in [-0.25, -0.2) is 0 Å². The molecule has 3 nitrogen and oxygen atoms in total. The van der Waals surface area contributed by atoms with Gasteiger partial charge in [0, 0.05) is 12.2 Å². The van der Waals surface area contributed by atoms with E-state index in [-0.39, 0.29) is 6.10 Å². The van der Waals surface area contributed by atoms with Crippen LogP contribution in [0.2, 0.25) is 0 Å². The first-order chi connectivity index (χ1) is 9.63. The molecular weight excluding hydrogens is 248 g/mol. The highest BCUT2D eigenvalue weighted by Gasteiger charge is 2.30. The molecule has 3 unspecified atom stereocenters. The maximum Gasteiger partial charge on any atom is 0.138 e. The SMILES string of the molecule is CCC1CCC(C(NC)c2cncc(OC(C)C)c2)C1. The van der Waals surface area contributed by atoms with Crippen molar-refractivity contribution in [3.63, 3.8) is 0 Å². The quantitative estimate of drug-likeness (QED) is 0.854. The Balaban J connectivity index is 2.11. The van der Waals surface area contributed by atoms with Gasteiger partial charge in [-0.3, -0.25) is 4.98 Å². The summed E-state index contributed by atoms with van der Waals surface area (Å²) < 4.78 is 5.76. The summed E-state index contributed by atoms with van der Waals surface area (Å²) >= 11 is 0. The molecule has 1 saturated carbocycles. The molecule has 3 heteroatoms. The Morgan fingerprint density at radius 3 is 2.75 bits per heavy atom. The molecule has 0 aliphatic heterocycles. The lowest BCUT2D eigenvalue weighted by Gasteiger charge is -2.24. The van der Waals surface area contributed by atoms with Crippen molar-refractivity contribution in [2.75, 3.05) is 7.05 Å². The first kappa shape index (κ1) is 15.3. The van der Waals surface area contributed by atoms with Crippen molar-refractivity contribution in [2.45, 2.75) is 58.6 Å². The highest BCUT2D eigenvalue weighted by atomic mass is 16.5. The first-order valence-electron chi connectivity index (χ1n) is 7.92. The molecule has 1 N–H and O–H groups in total. The molecule has 3 atom stereocenters. The number of nitrogens with one attached hydrogen (secondary N) is 1. The molecule has 2 rings (SSSR count). The van der Waals surface area contributed by atoms with E-state index in [1.54, 1.807) is 6.20 Å². The van der Waals surface area contributed by atoms with Gasteiger partial charge in [0.15, 0.2) is 0 Å². The average molecular weight is 276 g/mol. The fourth-order valence-corrected chi connectivity index (χ4v) is 3.40. The number of hydrogen-bond acceptors (Lipinski definition) is 3. The number of rotatable bonds is 6. The van der Waals surface area contributed by atoms with Gasteiger partial charge < -0.3 is 10.1 Å². The van der Waals surface area contributed by atoms with Crippen LogP contribution in [0.5, 0.6) is 5.75 Å². The van der Waals surface area contributed by atoms with E-state index in [9.17, 15) is 0 Å². The second kappa shape index (κ2) is 7.07. The lowest BCUT2D eigenvalue weighted by molar-refractivity contribution is 0.240. The minimum Gasteiger partial charge on any atom is -0.489 e. The van der Waals surface area contributed by atoms with Crippen LogP contribution >= 0.6 is 0 Å². The predicted octanol–water partition coefficient (Wildman–Crippen LogP) is 3.96. The highest BCUT2D eigenvalue weighted by molar-refractivity contribution is 5.27. The van der Waals surface area contributed by atoms with E-state index in [4.69, 9.17) is 4.74 Å². The number of hydrogen-bond donors (Lipinski definition) is 1. The topological polar surface area (TPSA) is 34.2 Å². The van der Waals surface area contributed by atoms with Gasteiger partial charge in [-0.1, -0.05) is 19.8 Å². The van der Waals surface area contributed by atoms with Crippen molar-refractivity contribution in [1.29, 1.82) is 0 Å². The minimum absolute atomic E-state index is 0.191. The molecule has 0 spiro atoms. The summed E-state index contributed by atoms with van der Waals surface area (Å²) in [5, 5.41) is 3.49. The summed E-state index contributed by atoms with van der Waals surface area (Å²) in [6.45, 7) is 6.40. The van der Waals surface area contributed by atoms with E-state index >= 15 is 0 Å². The van der Waals surface area contributed by atoms with Crippen LogP contribution in [-0.2, 0) is 0 Å². The van der Waals surface area contributed by atoms with Gasteiger partial charge in [0.25, 0.3) is 0 Å². The molecule has 1 aliphatic rings. The molecule has 1 heterocycles. The fraction of sp³-hybridized carbons (Fsp3) is 0.706. The van der Waals surface area contributed by atoms with E-state index < -0.39 is 0 Å². The number of pyridine rings is 1. The minimum atomic E-state index is 0.191. The molecule has 1 aromatic heterocycles. The third-order valence-electron chi connectivity index (χ3n) is 4.41. The summed E-state index contributed by atoms with van der Waals surface area (Å²) in [6.07, 6.45) is 9.30. The summed E-state index contributed by atoms with van der Waals surface area (Å²) in [5.41, 5.74) is 1.26. The van der Waals surface area contributed by atoms with Crippen molar-refractivity contribution >= 4 is 0 Å². The van der Waals surface area contributed by atoms with Crippen molar-refractivity contribution in [1.82, 2.24) is 10.3 Å². The van der Waals surface area contributed by atoms with E-state index in [0.29, 0.717) is 6.04 Å². The van der Waals surface area contributed by atoms with Crippen LogP contribution in [0.4, 0.5) is 0 Å². The van der Waals surface area contributed by atoms with Gasteiger partial charge in [0.05, 0.1) is 12.3 Å². The van der Waals surface area contributed by atoms with Crippen molar-refractivity contribution in [3.8, 4) is 5.75 Å². The number of ether oxygens (including phenoxy) is 1. The summed E-state index contributed by atoms with van der Waals surface area (Å²) in [4.78, 5) is 4.35. The molecule has 1 aliphatic carbocycles. The van der Waals surface area contributed by atoms with Crippen LogP contribution in [0.15, 0.2) is 18.5 Å². The summed E-state index contributed by atoms with van der Waals surface area (Å²) in [5.74, 6) is 2.50. The maximum absolute atomic E-state index is 5.76. The van der Waals surface area contributed by atoms with Crippen molar-refractivity contribution in [3.05, 3.63) is 24.0 Å². The molecule has 0 radical (unpaired) electrons. The number of aromatic nitrogens is 1. The smallest absolute Gasteiger partial charge is 0.138 e. The number of nitrogens with zero attached hydrogens (tertiary/aromatic N) is 1. The molecule has 0 aromatic carbocycles. The van der Waals surface area contributed by atoms with Crippen LogP contribution in [0.1, 0.15) is 58.1 Å². The Labute approximate surface area is 123 Å². The highest BCUT2D eigenvalue weighted by Crippen LogP contribution is 2.40. The van der Waals surface area contributed by atoms with Crippen LogP contribution < -0.4 is 10.1 Å². The largest absolute Gasteiger partial charge is 0.489 e. The van der Waals surface area contributed by atoms with E-state index in [1.165, 1.54) is 31.2 Å². The third kappa shape index (κ3) is 3.72.